The van der Waals surface area contributed by atoms with Crippen LogP contribution >= 0.6 is 34.8 Å². The molecule has 1 amide bonds. The molecule has 0 unspecified atom stereocenters. The second-order valence-electron chi connectivity index (χ2n) is 6.85. The van der Waals surface area contributed by atoms with Crippen molar-refractivity contribution in [2.75, 3.05) is 18.0 Å². The minimum atomic E-state index is -1.83. The Morgan fingerprint density at radius 1 is 1.03 bits per heavy atom. The van der Waals surface area contributed by atoms with E-state index in [0.717, 1.165) is 31.7 Å². The van der Waals surface area contributed by atoms with E-state index in [4.69, 9.17) is 34.8 Å². The summed E-state index contributed by atoms with van der Waals surface area (Å²) >= 11 is 18.7. The minimum Gasteiger partial charge on any atom is -0.355 e. The molecule has 0 aliphatic carbocycles. The molecule has 1 saturated heterocycles. The molecule has 1 aliphatic heterocycles. The van der Waals surface area contributed by atoms with Crippen LogP contribution in [0.1, 0.15) is 35.8 Å². The number of piperidine rings is 1. The lowest BCUT2D eigenvalue weighted by Crippen LogP contribution is -2.40. The first-order valence-electron chi connectivity index (χ1n) is 9.30. The summed E-state index contributed by atoms with van der Waals surface area (Å²) < 4.78 is -0.257. The maximum atomic E-state index is 12.7. The van der Waals surface area contributed by atoms with Crippen molar-refractivity contribution < 1.29 is 4.79 Å². The molecule has 0 saturated carbocycles. The monoisotopic (exact) mass is 452 g/mol. The number of aromatic nitrogens is 4. The molecule has 152 valence electrons. The first-order chi connectivity index (χ1) is 13.9. The van der Waals surface area contributed by atoms with Crippen molar-refractivity contribution in [3.05, 3.63) is 48.5 Å². The average Bonchev–Trinajstić information content (AvgIpc) is 3.16. The highest BCUT2D eigenvalue weighted by molar-refractivity contribution is 6.68. The number of imidazole rings is 1. The largest absolute Gasteiger partial charge is 0.355 e. The number of carbonyl (C=O) groups excluding carboxylic acids is 1. The number of anilines is 1. The fourth-order valence-electron chi connectivity index (χ4n) is 3.47. The van der Waals surface area contributed by atoms with Gasteiger partial charge in [-0.2, -0.15) is 0 Å². The summed E-state index contributed by atoms with van der Waals surface area (Å²) in [5.74, 6) is 0.389. The lowest BCUT2D eigenvalue weighted by molar-refractivity contribution is 0.0921. The number of fused-ring (bicyclic) bond motifs is 1. The molecular weight excluding hydrogens is 435 g/mol. The summed E-state index contributed by atoms with van der Waals surface area (Å²) in [5.41, 5.74) is 1.56. The van der Waals surface area contributed by atoms with E-state index in [1.54, 1.807) is 28.8 Å². The molecule has 0 bridgehead atoms. The summed E-state index contributed by atoms with van der Waals surface area (Å²) in [6, 6.07) is 8.74. The van der Waals surface area contributed by atoms with E-state index in [0.29, 0.717) is 16.7 Å². The topological polar surface area (TPSA) is 75.9 Å². The summed E-state index contributed by atoms with van der Waals surface area (Å²) in [5, 5.41) is 2.78. The molecule has 0 radical (unpaired) electrons. The number of alkyl halides is 3. The van der Waals surface area contributed by atoms with Gasteiger partial charge in [-0.05, 0) is 31.4 Å². The second-order valence-corrected chi connectivity index (χ2v) is 9.22. The lowest BCUT2D eigenvalue weighted by Gasteiger charge is -2.28. The molecule has 3 heterocycles. The molecule has 1 aliphatic rings. The molecule has 3 aromatic rings. The molecule has 1 fully saturated rings. The SMILES string of the molecule is O=C(N[C@@H](n1cnc2c(N3CCCCC3)ncnc21)C(Cl)(Cl)Cl)c1ccccc1. The smallest absolute Gasteiger partial charge is 0.253 e. The number of carbonyl (C=O) groups is 1. The molecule has 1 aromatic carbocycles. The fraction of sp³-hybridized carbons (Fsp3) is 0.368. The van der Waals surface area contributed by atoms with Crippen LogP contribution in [0.3, 0.4) is 0 Å². The third-order valence-electron chi connectivity index (χ3n) is 4.89. The van der Waals surface area contributed by atoms with E-state index in [9.17, 15) is 4.79 Å². The van der Waals surface area contributed by atoms with E-state index in [1.807, 2.05) is 6.07 Å². The van der Waals surface area contributed by atoms with Gasteiger partial charge >= 0.3 is 0 Å². The van der Waals surface area contributed by atoms with E-state index >= 15 is 0 Å². The quantitative estimate of drug-likeness (QED) is 0.602. The molecule has 0 spiro atoms. The standard InChI is InChI=1S/C19H19Cl3N6O/c20-19(21,22)18(26-17(29)13-7-3-1-4-8-13)28-12-25-14-15(23-11-24-16(14)28)27-9-5-2-6-10-27/h1,3-4,7-8,11-12,18H,2,5-6,9-10H2,(H,26,29)/t18-/m0/s1. The van der Waals surface area contributed by atoms with Gasteiger partial charge in [0.2, 0.25) is 3.79 Å². The Bertz CT molecular complexity index is 998. The molecule has 4 rings (SSSR count). The van der Waals surface area contributed by atoms with Gasteiger partial charge < -0.3 is 10.2 Å². The Hall–Kier alpha value is -2.09. The number of amides is 1. The van der Waals surface area contributed by atoms with Crippen LogP contribution in [-0.4, -0.2) is 42.3 Å². The third-order valence-corrected chi connectivity index (χ3v) is 5.51. The van der Waals surface area contributed by atoms with E-state index in [1.165, 1.54) is 19.1 Å². The summed E-state index contributed by atoms with van der Waals surface area (Å²) in [6.45, 7) is 1.83. The van der Waals surface area contributed by atoms with Gasteiger partial charge in [-0.25, -0.2) is 15.0 Å². The zero-order valence-corrected chi connectivity index (χ0v) is 17.7. The van der Waals surface area contributed by atoms with Gasteiger partial charge in [-0.15, -0.1) is 0 Å². The third kappa shape index (κ3) is 4.27. The van der Waals surface area contributed by atoms with Gasteiger partial charge in [0, 0.05) is 18.7 Å². The maximum Gasteiger partial charge on any atom is 0.253 e. The normalized spacial score (nSPS) is 16.0. The molecule has 10 heteroatoms. The van der Waals surface area contributed by atoms with E-state index in [2.05, 4.69) is 25.2 Å². The Morgan fingerprint density at radius 3 is 2.45 bits per heavy atom. The summed E-state index contributed by atoms with van der Waals surface area (Å²) in [6.07, 6.45) is 5.41. The fourth-order valence-corrected chi connectivity index (χ4v) is 3.95. The van der Waals surface area contributed by atoms with Crippen molar-refractivity contribution >= 4 is 57.7 Å². The molecule has 29 heavy (non-hydrogen) atoms. The minimum absolute atomic E-state index is 0.367. The van der Waals surface area contributed by atoms with Gasteiger partial charge in [0.25, 0.3) is 5.91 Å². The lowest BCUT2D eigenvalue weighted by atomic mass is 10.1. The van der Waals surface area contributed by atoms with Crippen LogP contribution in [0.5, 0.6) is 0 Å². The van der Waals surface area contributed by atoms with Crippen molar-refractivity contribution in [2.45, 2.75) is 29.2 Å². The highest BCUT2D eigenvalue weighted by Gasteiger charge is 2.37. The van der Waals surface area contributed by atoms with Gasteiger partial charge in [-0.1, -0.05) is 53.0 Å². The number of hydrogen-bond donors (Lipinski definition) is 1. The van der Waals surface area contributed by atoms with E-state index < -0.39 is 9.96 Å². The number of halogens is 3. The Balaban J connectivity index is 1.71. The van der Waals surface area contributed by atoms with Crippen LogP contribution in [0.2, 0.25) is 0 Å². The van der Waals surface area contributed by atoms with Crippen molar-refractivity contribution in [2.24, 2.45) is 0 Å². The van der Waals surface area contributed by atoms with Gasteiger partial charge in [0.15, 0.2) is 23.1 Å². The van der Waals surface area contributed by atoms with Crippen LogP contribution in [0, 0.1) is 0 Å². The summed E-state index contributed by atoms with van der Waals surface area (Å²) in [4.78, 5) is 28.1. The van der Waals surface area contributed by atoms with Gasteiger partial charge in [-0.3, -0.25) is 9.36 Å². The van der Waals surface area contributed by atoms with Crippen LogP contribution < -0.4 is 10.2 Å². The highest BCUT2D eigenvalue weighted by Crippen LogP contribution is 2.38. The number of nitrogens with one attached hydrogen (secondary N) is 1. The number of rotatable bonds is 4. The second kappa shape index (κ2) is 8.34. The first-order valence-corrected chi connectivity index (χ1v) is 10.4. The maximum absolute atomic E-state index is 12.7. The van der Waals surface area contributed by atoms with Crippen molar-refractivity contribution in [1.82, 2.24) is 24.8 Å². The molecule has 1 atom stereocenters. The predicted molar refractivity (Wildman–Crippen MR) is 115 cm³/mol. The van der Waals surface area contributed by atoms with Gasteiger partial charge in [0.05, 0.1) is 6.33 Å². The molecule has 7 nitrogen and oxygen atoms in total. The molecule has 1 N–H and O–H groups in total. The Kier molecular flexibility index (Phi) is 5.81. The van der Waals surface area contributed by atoms with E-state index in [-0.39, 0.29) is 5.91 Å². The first kappa shape index (κ1) is 20.2. The average molecular weight is 454 g/mol. The number of nitrogens with zero attached hydrogens (tertiary/aromatic N) is 5. The van der Waals surface area contributed by atoms with Crippen LogP contribution in [0.25, 0.3) is 11.2 Å². The van der Waals surface area contributed by atoms with Crippen LogP contribution in [0.4, 0.5) is 5.82 Å². The number of hydrogen-bond acceptors (Lipinski definition) is 5. The van der Waals surface area contributed by atoms with Crippen molar-refractivity contribution in [3.63, 3.8) is 0 Å². The zero-order valence-electron chi connectivity index (χ0n) is 15.4. The van der Waals surface area contributed by atoms with Crippen molar-refractivity contribution in [1.29, 1.82) is 0 Å². The number of benzene rings is 1. The van der Waals surface area contributed by atoms with Crippen LogP contribution in [0.15, 0.2) is 43.0 Å². The molecule has 2 aromatic heterocycles. The Labute approximate surface area is 183 Å². The van der Waals surface area contributed by atoms with Crippen molar-refractivity contribution in [3.8, 4) is 0 Å². The Morgan fingerprint density at radius 2 is 1.76 bits per heavy atom. The van der Waals surface area contributed by atoms with Crippen LogP contribution in [-0.2, 0) is 0 Å². The molecular formula is C19H19Cl3N6O. The van der Waals surface area contributed by atoms with Gasteiger partial charge in [0.1, 0.15) is 6.33 Å². The highest BCUT2D eigenvalue weighted by atomic mass is 35.6. The predicted octanol–water partition coefficient (Wildman–Crippen LogP) is 4.12. The zero-order chi connectivity index (χ0) is 20.4. The summed E-state index contributed by atoms with van der Waals surface area (Å²) in [7, 11) is 0.